The number of likely N-dealkylation sites (tertiary alicyclic amines) is 1. The van der Waals surface area contributed by atoms with E-state index in [0.717, 1.165) is 24.9 Å². The van der Waals surface area contributed by atoms with Crippen LogP contribution in [0, 0.1) is 5.92 Å². The first-order valence-corrected chi connectivity index (χ1v) is 10.7. The number of rotatable bonds is 10. The first-order valence-electron chi connectivity index (χ1n) is 10.7. The Bertz CT molecular complexity index is 861. The number of benzene rings is 1. The predicted molar refractivity (Wildman–Crippen MR) is 119 cm³/mol. The zero-order valence-electron chi connectivity index (χ0n) is 17.7. The van der Waals surface area contributed by atoms with E-state index >= 15 is 0 Å². The summed E-state index contributed by atoms with van der Waals surface area (Å²) in [5, 5.41) is 2.87. The van der Waals surface area contributed by atoms with Crippen LogP contribution in [0.2, 0.25) is 0 Å². The maximum absolute atomic E-state index is 12.8. The molecule has 31 heavy (non-hydrogen) atoms. The molecule has 8 nitrogen and oxygen atoms in total. The normalized spacial score (nSPS) is 17.3. The average molecular weight is 426 g/mol. The van der Waals surface area contributed by atoms with Crippen molar-refractivity contribution >= 4 is 17.6 Å². The van der Waals surface area contributed by atoms with E-state index in [1.807, 2.05) is 47.4 Å². The number of para-hydroxylation sites is 1. The maximum Gasteiger partial charge on any atom is 0.226 e. The summed E-state index contributed by atoms with van der Waals surface area (Å²) in [7, 11) is 0. The molecule has 0 spiro atoms. The molecule has 1 fully saturated rings. The van der Waals surface area contributed by atoms with E-state index in [9.17, 15) is 9.59 Å². The van der Waals surface area contributed by atoms with Gasteiger partial charge in [-0.2, -0.15) is 0 Å². The number of nitrogens with two attached hydrogens (primary N) is 2. The van der Waals surface area contributed by atoms with E-state index in [1.54, 1.807) is 6.20 Å². The van der Waals surface area contributed by atoms with Crippen LogP contribution in [0.25, 0.3) is 0 Å². The quantitative estimate of drug-likeness (QED) is 0.528. The number of nitrogens with one attached hydrogen (secondary N) is 1. The Labute approximate surface area is 183 Å². The van der Waals surface area contributed by atoms with Crippen molar-refractivity contribution in [2.24, 2.45) is 11.7 Å². The molecule has 8 heteroatoms. The summed E-state index contributed by atoms with van der Waals surface area (Å²) in [5.41, 5.74) is 12.5. The van der Waals surface area contributed by atoms with Crippen molar-refractivity contribution in [3.05, 3.63) is 54.2 Å². The second-order valence-electron chi connectivity index (χ2n) is 7.80. The lowest BCUT2D eigenvalue weighted by molar-refractivity contribution is -0.141. The molecule has 1 aliphatic heterocycles. The van der Waals surface area contributed by atoms with Gasteiger partial charge in [-0.25, -0.2) is 4.98 Å². The number of amides is 2. The van der Waals surface area contributed by atoms with Crippen molar-refractivity contribution in [2.45, 2.75) is 31.8 Å². The maximum atomic E-state index is 12.8. The topological polar surface area (TPSA) is 124 Å². The molecular weight excluding hydrogens is 394 g/mol. The number of nitrogen functional groups attached to an aromatic ring is 1. The molecule has 2 atom stereocenters. The first-order chi connectivity index (χ1) is 15.0. The highest BCUT2D eigenvalue weighted by atomic mass is 16.5. The Balaban J connectivity index is 1.44. The van der Waals surface area contributed by atoms with Crippen molar-refractivity contribution in [1.82, 2.24) is 15.2 Å². The summed E-state index contributed by atoms with van der Waals surface area (Å²) < 4.78 is 5.80. The molecule has 3 rings (SSSR count). The fourth-order valence-corrected chi connectivity index (χ4v) is 3.73. The predicted octanol–water partition coefficient (Wildman–Crippen LogP) is 1.36. The summed E-state index contributed by atoms with van der Waals surface area (Å²) in [4.78, 5) is 31.1. The molecule has 1 unspecified atom stereocenters. The minimum Gasteiger partial charge on any atom is -0.487 e. The number of pyridine rings is 1. The SMILES string of the molecule is NCC(CNC(=O)C[C@H]1CCCN(CCc2ccnc(N)c2)C1=O)Oc1ccccc1. The fraction of sp³-hybridized carbons (Fsp3) is 0.435. The Morgan fingerprint density at radius 2 is 2.10 bits per heavy atom. The van der Waals surface area contributed by atoms with Gasteiger partial charge in [-0.3, -0.25) is 9.59 Å². The highest BCUT2D eigenvalue weighted by molar-refractivity contribution is 5.86. The number of aromatic nitrogens is 1. The van der Waals surface area contributed by atoms with Crippen molar-refractivity contribution in [2.75, 3.05) is 31.9 Å². The lowest BCUT2D eigenvalue weighted by Gasteiger charge is -2.32. The smallest absolute Gasteiger partial charge is 0.226 e. The minimum absolute atomic E-state index is 0.0411. The van der Waals surface area contributed by atoms with Crippen molar-refractivity contribution < 1.29 is 14.3 Å². The van der Waals surface area contributed by atoms with E-state index in [-0.39, 0.29) is 36.8 Å². The Morgan fingerprint density at radius 1 is 1.29 bits per heavy atom. The standard InChI is InChI=1S/C23H31N5O3/c24-15-20(31-19-6-2-1-3-7-19)16-27-22(29)14-18-5-4-11-28(23(18)30)12-9-17-8-10-26-21(25)13-17/h1-3,6-8,10,13,18,20H,4-5,9,11-12,14-16,24H2,(H2,25,26)(H,27,29)/t18-,20?/m1/s1. The number of hydrogen-bond donors (Lipinski definition) is 3. The number of hydrogen-bond acceptors (Lipinski definition) is 6. The number of carbonyl (C=O) groups excluding carboxylic acids is 2. The van der Waals surface area contributed by atoms with Gasteiger partial charge in [0.1, 0.15) is 17.7 Å². The van der Waals surface area contributed by atoms with Crippen LogP contribution in [0.1, 0.15) is 24.8 Å². The third-order valence-corrected chi connectivity index (χ3v) is 5.42. The van der Waals surface area contributed by atoms with Crippen LogP contribution in [0.3, 0.4) is 0 Å². The van der Waals surface area contributed by atoms with E-state index in [2.05, 4.69) is 10.3 Å². The van der Waals surface area contributed by atoms with E-state index in [0.29, 0.717) is 31.1 Å². The van der Waals surface area contributed by atoms with Crippen LogP contribution in [0.15, 0.2) is 48.7 Å². The second kappa shape index (κ2) is 11.3. The molecule has 166 valence electrons. The third kappa shape index (κ3) is 6.96. The van der Waals surface area contributed by atoms with Crippen LogP contribution in [0.4, 0.5) is 5.82 Å². The second-order valence-corrected chi connectivity index (χ2v) is 7.80. The van der Waals surface area contributed by atoms with Gasteiger partial charge in [0, 0.05) is 38.2 Å². The largest absolute Gasteiger partial charge is 0.487 e. The highest BCUT2D eigenvalue weighted by Crippen LogP contribution is 2.21. The molecule has 1 aromatic heterocycles. The molecule has 1 aromatic carbocycles. The lowest BCUT2D eigenvalue weighted by Crippen LogP contribution is -2.45. The molecule has 5 N–H and O–H groups in total. The zero-order chi connectivity index (χ0) is 22.1. The zero-order valence-corrected chi connectivity index (χ0v) is 17.7. The van der Waals surface area contributed by atoms with Crippen LogP contribution < -0.4 is 21.5 Å². The van der Waals surface area contributed by atoms with Gasteiger partial charge in [-0.05, 0) is 49.1 Å². The summed E-state index contributed by atoms with van der Waals surface area (Å²) in [6, 6.07) is 13.1. The molecule has 0 saturated carbocycles. The van der Waals surface area contributed by atoms with E-state index in [4.69, 9.17) is 16.2 Å². The number of carbonyl (C=O) groups is 2. The first kappa shape index (κ1) is 22.6. The Morgan fingerprint density at radius 3 is 2.84 bits per heavy atom. The Hall–Kier alpha value is -3.13. The van der Waals surface area contributed by atoms with Gasteiger partial charge in [0.05, 0.1) is 6.54 Å². The van der Waals surface area contributed by atoms with Crippen LogP contribution >= 0.6 is 0 Å². The third-order valence-electron chi connectivity index (χ3n) is 5.42. The minimum atomic E-state index is -0.322. The van der Waals surface area contributed by atoms with Gasteiger partial charge in [0.2, 0.25) is 11.8 Å². The van der Waals surface area contributed by atoms with Crippen molar-refractivity contribution in [1.29, 1.82) is 0 Å². The molecule has 2 aromatic rings. The van der Waals surface area contributed by atoms with Crippen LogP contribution in [-0.2, 0) is 16.0 Å². The number of ether oxygens (including phenoxy) is 1. The van der Waals surface area contributed by atoms with E-state index < -0.39 is 0 Å². The lowest BCUT2D eigenvalue weighted by atomic mass is 9.93. The van der Waals surface area contributed by atoms with Gasteiger partial charge in [0.15, 0.2) is 0 Å². The van der Waals surface area contributed by atoms with Crippen molar-refractivity contribution in [3.63, 3.8) is 0 Å². The summed E-state index contributed by atoms with van der Waals surface area (Å²) in [5.74, 6) is 0.782. The number of anilines is 1. The molecule has 1 aliphatic rings. The molecular formula is C23H31N5O3. The van der Waals surface area contributed by atoms with Gasteiger partial charge < -0.3 is 26.4 Å². The van der Waals surface area contributed by atoms with Gasteiger partial charge in [-0.15, -0.1) is 0 Å². The van der Waals surface area contributed by atoms with Gasteiger partial charge >= 0.3 is 0 Å². The highest BCUT2D eigenvalue weighted by Gasteiger charge is 2.30. The monoisotopic (exact) mass is 425 g/mol. The van der Waals surface area contributed by atoms with E-state index in [1.165, 1.54) is 0 Å². The molecule has 0 radical (unpaired) electrons. The van der Waals surface area contributed by atoms with Crippen LogP contribution in [-0.4, -0.2) is 54.0 Å². The molecule has 0 bridgehead atoms. The summed E-state index contributed by atoms with van der Waals surface area (Å²) in [6.07, 6.45) is 3.87. The van der Waals surface area contributed by atoms with Crippen molar-refractivity contribution in [3.8, 4) is 5.75 Å². The molecule has 2 heterocycles. The molecule has 0 aliphatic carbocycles. The van der Waals surface area contributed by atoms with Gasteiger partial charge in [-0.1, -0.05) is 18.2 Å². The average Bonchev–Trinajstić information content (AvgIpc) is 2.78. The molecule has 1 saturated heterocycles. The van der Waals surface area contributed by atoms with Crippen LogP contribution in [0.5, 0.6) is 5.75 Å². The summed E-state index contributed by atoms with van der Waals surface area (Å²) in [6.45, 7) is 1.92. The summed E-state index contributed by atoms with van der Waals surface area (Å²) >= 11 is 0. The number of piperidine rings is 1. The fourth-order valence-electron chi connectivity index (χ4n) is 3.73. The number of nitrogens with zero attached hydrogens (tertiary/aromatic N) is 2. The van der Waals surface area contributed by atoms with Gasteiger partial charge in [0.25, 0.3) is 0 Å². The molecule has 2 amide bonds. The Kier molecular flexibility index (Phi) is 8.23.